The highest BCUT2D eigenvalue weighted by Crippen LogP contribution is 2.44. The first kappa shape index (κ1) is 40.7. The van der Waals surface area contributed by atoms with Crippen molar-refractivity contribution in [2.75, 3.05) is 20.3 Å². The molecule has 9 nitrogen and oxygen atoms in total. The Bertz CT molecular complexity index is 1840. The molecule has 0 aliphatic heterocycles. The highest BCUT2D eigenvalue weighted by atomic mass is 32.2. The summed E-state index contributed by atoms with van der Waals surface area (Å²) in [6.07, 6.45) is -5.31. The lowest BCUT2D eigenvalue weighted by Gasteiger charge is -2.31. The van der Waals surface area contributed by atoms with Gasteiger partial charge in [0.25, 0.3) is 0 Å². The number of ether oxygens (including phenoxy) is 1. The number of aryl methyl sites for hydroxylation is 1. The molecule has 0 saturated carbocycles. The summed E-state index contributed by atoms with van der Waals surface area (Å²) in [5.74, 6) is -4.04. The van der Waals surface area contributed by atoms with Crippen LogP contribution in [0.4, 0.5) is 18.0 Å². The molecule has 2 heterocycles. The normalized spacial score (nSPS) is 14.2. The number of Topliss-reactive ketones (excluding diaryl/α,β-unsaturated/α-hetero) is 1. The van der Waals surface area contributed by atoms with E-state index >= 15 is 0 Å². The van der Waals surface area contributed by atoms with Crippen molar-refractivity contribution in [3.63, 3.8) is 0 Å². The Hall–Kier alpha value is -4.11. The molecule has 1 amide bonds. The number of carbonyl (C=O) groups is 2. The molecule has 1 unspecified atom stereocenters. The van der Waals surface area contributed by atoms with Crippen molar-refractivity contribution in [1.82, 2.24) is 14.6 Å². The van der Waals surface area contributed by atoms with Gasteiger partial charge in [0.2, 0.25) is 10.0 Å². The molecule has 2 aromatic carbocycles. The second kappa shape index (κ2) is 17.1. The Balaban J connectivity index is 1.74. The third-order valence-electron chi connectivity index (χ3n) is 8.67. The van der Waals surface area contributed by atoms with Gasteiger partial charge in [-0.15, -0.1) is 11.3 Å². The number of benzene rings is 2. The van der Waals surface area contributed by atoms with Crippen LogP contribution in [-0.4, -0.2) is 67.2 Å². The van der Waals surface area contributed by atoms with Crippen molar-refractivity contribution >= 4 is 33.2 Å². The van der Waals surface area contributed by atoms with Crippen molar-refractivity contribution < 1.29 is 41.0 Å². The average molecular weight is 760 g/mol. The smallest absolute Gasteiger partial charge is 0.407 e. The number of ketones is 1. The first-order valence-electron chi connectivity index (χ1n) is 16.6. The van der Waals surface area contributed by atoms with Gasteiger partial charge in [0.1, 0.15) is 10.9 Å². The van der Waals surface area contributed by atoms with Gasteiger partial charge in [0.05, 0.1) is 25.7 Å². The summed E-state index contributed by atoms with van der Waals surface area (Å²) in [6, 6.07) is 20.2. The molecule has 0 spiro atoms. The SMILES string of the molecule is COC(=O)N[C@H](C(=O)C[C@H](c1ccc(C(CO)N(CCC(C)(C)C)S(=O)(=O)c2ccc(C)nc2)s1)C(F)(F)F)C(c1ccccc1)c1ccccc1. The minimum atomic E-state index is -4.90. The van der Waals surface area contributed by atoms with Crippen molar-refractivity contribution in [2.45, 2.75) is 75.5 Å². The summed E-state index contributed by atoms with van der Waals surface area (Å²) >= 11 is 0.683. The molecule has 4 aromatic rings. The fraction of sp³-hybridized carbons (Fsp3) is 0.395. The summed E-state index contributed by atoms with van der Waals surface area (Å²) in [7, 11) is -3.16. The number of aliphatic hydroxyl groups is 1. The number of halogens is 3. The number of alkyl halides is 3. The van der Waals surface area contributed by atoms with Gasteiger partial charge in [0.15, 0.2) is 5.78 Å². The second-order valence-corrected chi connectivity index (χ2v) is 16.7. The Labute approximate surface area is 306 Å². The molecule has 0 aliphatic rings. The standard InChI is InChI=1S/C38H44F3N3O6S2/c1-25-16-17-28(23-42-25)52(48,49)44(21-20-37(2,3)4)30(24-45)33-19-18-32(51-33)29(38(39,40)41)22-31(46)35(43-36(47)50-5)34(26-12-8-6-9-13-26)27-14-10-7-11-15-27/h6-19,23,29-30,34-35,45H,20-22,24H2,1-5H3,(H,43,47)/t29-,30?,35-/m1/s1. The molecule has 0 aliphatic carbocycles. The Kier molecular flexibility index (Phi) is 13.4. The van der Waals surface area contributed by atoms with Crippen LogP contribution in [0.15, 0.2) is 96.0 Å². The van der Waals surface area contributed by atoms with Gasteiger partial charge in [-0.05, 0) is 54.2 Å². The van der Waals surface area contributed by atoms with Crippen molar-refractivity contribution in [3.05, 3.63) is 118 Å². The van der Waals surface area contributed by atoms with E-state index in [0.717, 1.165) is 11.4 Å². The van der Waals surface area contributed by atoms with E-state index in [0.29, 0.717) is 34.6 Å². The maximum Gasteiger partial charge on any atom is 0.407 e. The molecular formula is C38H44F3N3O6S2. The summed E-state index contributed by atoms with van der Waals surface area (Å²) < 4.78 is 78.6. The van der Waals surface area contributed by atoms with Crippen molar-refractivity contribution in [2.24, 2.45) is 5.41 Å². The number of nitrogens with one attached hydrogen (secondary N) is 1. The quantitative estimate of drug-likeness (QED) is 0.127. The number of hydrogen-bond donors (Lipinski definition) is 2. The number of thiophene rings is 1. The van der Waals surface area contributed by atoms with Crippen LogP contribution in [0.2, 0.25) is 0 Å². The van der Waals surface area contributed by atoms with Gasteiger partial charge >= 0.3 is 12.3 Å². The minimum Gasteiger partial charge on any atom is -0.453 e. The van der Waals surface area contributed by atoms with Crippen LogP contribution in [0, 0.1) is 12.3 Å². The first-order valence-corrected chi connectivity index (χ1v) is 18.9. The number of aromatic nitrogens is 1. The van der Waals surface area contributed by atoms with Crippen LogP contribution in [0.25, 0.3) is 0 Å². The maximum absolute atomic E-state index is 14.9. The van der Waals surface area contributed by atoms with Gasteiger partial charge < -0.3 is 15.2 Å². The maximum atomic E-state index is 14.9. The molecule has 14 heteroatoms. The van der Waals surface area contributed by atoms with E-state index in [1.807, 2.05) is 20.8 Å². The molecule has 3 atom stereocenters. The fourth-order valence-electron chi connectivity index (χ4n) is 5.83. The zero-order valence-electron chi connectivity index (χ0n) is 29.6. The zero-order chi connectivity index (χ0) is 38.3. The number of sulfonamides is 1. The lowest BCUT2D eigenvalue weighted by Crippen LogP contribution is -2.46. The predicted molar refractivity (Wildman–Crippen MR) is 194 cm³/mol. The molecule has 2 aromatic heterocycles. The number of aliphatic hydroxyl groups excluding tert-OH is 1. The van der Waals surface area contributed by atoms with Gasteiger partial charge in [-0.25, -0.2) is 13.2 Å². The first-order chi connectivity index (χ1) is 24.5. The van der Waals surface area contributed by atoms with E-state index in [2.05, 4.69) is 10.3 Å². The zero-order valence-corrected chi connectivity index (χ0v) is 31.3. The number of pyridine rings is 1. The molecule has 2 N–H and O–H groups in total. The van der Waals surface area contributed by atoms with Crippen LogP contribution in [0.3, 0.4) is 0 Å². The largest absolute Gasteiger partial charge is 0.453 e. The minimum absolute atomic E-state index is 0.0272. The Morgan fingerprint density at radius 3 is 1.98 bits per heavy atom. The molecule has 52 heavy (non-hydrogen) atoms. The average Bonchev–Trinajstić information content (AvgIpc) is 3.57. The monoisotopic (exact) mass is 759 g/mol. The summed E-state index contributed by atoms with van der Waals surface area (Å²) in [5, 5.41) is 13.1. The van der Waals surface area contributed by atoms with Crippen LogP contribution >= 0.6 is 11.3 Å². The van der Waals surface area contributed by atoms with Crippen LogP contribution in [0.1, 0.15) is 78.1 Å². The molecule has 0 radical (unpaired) electrons. The predicted octanol–water partition coefficient (Wildman–Crippen LogP) is 7.77. The molecule has 280 valence electrons. The van der Waals surface area contributed by atoms with Gasteiger partial charge in [-0.1, -0.05) is 81.4 Å². The molecule has 0 fully saturated rings. The van der Waals surface area contributed by atoms with E-state index in [1.165, 1.54) is 24.4 Å². The van der Waals surface area contributed by atoms with E-state index in [1.54, 1.807) is 73.7 Å². The van der Waals surface area contributed by atoms with Crippen LogP contribution < -0.4 is 5.32 Å². The van der Waals surface area contributed by atoms with E-state index in [-0.39, 0.29) is 26.6 Å². The number of rotatable bonds is 15. The Morgan fingerprint density at radius 2 is 1.50 bits per heavy atom. The van der Waals surface area contributed by atoms with Crippen LogP contribution in [0.5, 0.6) is 0 Å². The van der Waals surface area contributed by atoms with Gasteiger partial charge in [0, 0.05) is 40.5 Å². The lowest BCUT2D eigenvalue weighted by atomic mass is 9.81. The number of amides is 1. The number of nitrogens with zero attached hydrogens (tertiary/aromatic N) is 2. The van der Waals surface area contributed by atoms with Gasteiger partial charge in [-0.2, -0.15) is 17.5 Å². The van der Waals surface area contributed by atoms with E-state index in [9.17, 15) is 36.3 Å². The summed E-state index contributed by atoms with van der Waals surface area (Å²) in [4.78, 5) is 30.6. The molecule has 0 bridgehead atoms. The second-order valence-electron chi connectivity index (χ2n) is 13.7. The number of hydrogen-bond acceptors (Lipinski definition) is 8. The molecular weight excluding hydrogens is 716 g/mol. The topological polar surface area (TPSA) is 126 Å². The summed E-state index contributed by atoms with van der Waals surface area (Å²) in [6.45, 7) is 6.75. The van der Waals surface area contributed by atoms with Gasteiger partial charge in [-0.3, -0.25) is 9.78 Å². The molecule has 0 saturated heterocycles. The lowest BCUT2D eigenvalue weighted by molar-refractivity contribution is -0.156. The fourth-order valence-corrected chi connectivity index (χ4v) is 8.68. The van der Waals surface area contributed by atoms with Crippen molar-refractivity contribution in [1.29, 1.82) is 0 Å². The number of alkyl carbamates (subject to hydrolysis) is 1. The third kappa shape index (κ3) is 10.3. The number of carbonyl (C=O) groups excluding carboxylic acids is 2. The number of methoxy groups -OCH3 is 1. The van der Waals surface area contributed by atoms with E-state index < -0.39 is 65.0 Å². The van der Waals surface area contributed by atoms with E-state index in [4.69, 9.17) is 4.74 Å². The molecule has 4 rings (SSSR count). The Morgan fingerprint density at radius 1 is 0.923 bits per heavy atom. The third-order valence-corrected chi connectivity index (χ3v) is 11.9. The summed E-state index contributed by atoms with van der Waals surface area (Å²) in [5.41, 5.74) is 1.47. The highest BCUT2D eigenvalue weighted by molar-refractivity contribution is 7.89. The highest BCUT2D eigenvalue weighted by Gasteiger charge is 2.46. The van der Waals surface area contributed by atoms with Crippen LogP contribution in [-0.2, 0) is 19.6 Å². The van der Waals surface area contributed by atoms with Crippen molar-refractivity contribution in [3.8, 4) is 0 Å².